The molecule has 0 radical (unpaired) electrons. The van der Waals surface area contributed by atoms with Crippen LogP contribution < -0.4 is 0 Å². The van der Waals surface area contributed by atoms with Gasteiger partial charge in [-0.1, -0.05) is 23.7 Å². The Morgan fingerprint density at radius 3 is 3.07 bits per heavy atom. The lowest BCUT2D eigenvalue weighted by Crippen LogP contribution is -2.16. The zero-order valence-corrected chi connectivity index (χ0v) is 8.99. The van der Waals surface area contributed by atoms with Gasteiger partial charge in [-0.25, -0.2) is 4.79 Å². The quantitative estimate of drug-likeness (QED) is 0.736. The van der Waals surface area contributed by atoms with Crippen molar-refractivity contribution in [3.05, 3.63) is 34.9 Å². The molecular formula is C11H10ClNO2. The SMILES string of the molecule is CCOC(=O)C1N=C1c1cccc(Cl)c1. The van der Waals surface area contributed by atoms with Gasteiger partial charge in [0.1, 0.15) is 0 Å². The highest BCUT2D eigenvalue weighted by molar-refractivity contribution is 6.32. The molecule has 0 aromatic heterocycles. The molecule has 78 valence electrons. The molecule has 1 aromatic carbocycles. The molecule has 0 N–H and O–H groups in total. The normalized spacial score (nSPS) is 18.3. The first kappa shape index (κ1) is 10.2. The van der Waals surface area contributed by atoms with Gasteiger partial charge in [0, 0.05) is 5.02 Å². The van der Waals surface area contributed by atoms with Gasteiger partial charge in [-0.05, 0) is 24.6 Å². The van der Waals surface area contributed by atoms with Crippen molar-refractivity contribution in [3.8, 4) is 0 Å². The van der Waals surface area contributed by atoms with E-state index in [1.165, 1.54) is 0 Å². The van der Waals surface area contributed by atoms with Crippen LogP contribution in [0.3, 0.4) is 0 Å². The number of benzene rings is 1. The molecule has 0 fully saturated rings. The van der Waals surface area contributed by atoms with E-state index in [0.29, 0.717) is 11.6 Å². The largest absolute Gasteiger partial charge is 0.464 e. The number of nitrogens with zero attached hydrogens (tertiary/aromatic N) is 1. The van der Waals surface area contributed by atoms with Crippen molar-refractivity contribution in [1.29, 1.82) is 0 Å². The molecule has 0 aliphatic carbocycles. The summed E-state index contributed by atoms with van der Waals surface area (Å²) in [5.41, 5.74) is 1.65. The van der Waals surface area contributed by atoms with E-state index in [0.717, 1.165) is 11.3 Å². The van der Waals surface area contributed by atoms with Gasteiger partial charge in [-0.15, -0.1) is 0 Å². The Morgan fingerprint density at radius 2 is 2.40 bits per heavy atom. The van der Waals surface area contributed by atoms with Crippen molar-refractivity contribution >= 4 is 23.3 Å². The Balaban J connectivity index is 2.04. The molecule has 2 rings (SSSR count). The number of ether oxygens (including phenoxy) is 1. The number of carbonyl (C=O) groups is 1. The van der Waals surface area contributed by atoms with Crippen LogP contribution >= 0.6 is 11.6 Å². The van der Waals surface area contributed by atoms with Gasteiger partial charge in [0.25, 0.3) is 0 Å². The first-order valence-electron chi connectivity index (χ1n) is 4.72. The van der Waals surface area contributed by atoms with Gasteiger partial charge in [-0.3, -0.25) is 4.99 Å². The molecule has 0 bridgehead atoms. The Morgan fingerprint density at radius 1 is 1.60 bits per heavy atom. The molecule has 0 saturated heterocycles. The number of carbonyl (C=O) groups excluding carboxylic acids is 1. The van der Waals surface area contributed by atoms with Crippen LogP contribution in [0.2, 0.25) is 5.02 Å². The van der Waals surface area contributed by atoms with Gasteiger partial charge in [0.05, 0.1) is 12.3 Å². The van der Waals surface area contributed by atoms with Crippen molar-refractivity contribution in [3.63, 3.8) is 0 Å². The summed E-state index contributed by atoms with van der Waals surface area (Å²) >= 11 is 5.83. The summed E-state index contributed by atoms with van der Waals surface area (Å²) < 4.78 is 4.86. The third-order valence-electron chi connectivity index (χ3n) is 2.09. The molecule has 4 heteroatoms. The zero-order valence-electron chi connectivity index (χ0n) is 8.24. The van der Waals surface area contributed by atoms with Crippen LogP contribution in [0, 0.1) is 0 Å². The summed E-state index contributed by atoms with van der Waals surface area (Å²) in [6.07, 6.45) is 0. The number of hydrogen-bond donors (Lipinski definition) is 0. The average molecular weight is 224 g/mol. The predicted molar refractivity (Wildman–Crippen MR) is 58.4 cm³/mol. The van der Waals surface area contributed by atoms with E-state index in [2.05, 4.69) is 4.99 Å². The van der Waals surface area contributed by atoms with E-state index in [9.17, 15) is 4.79 Å². The smallest absolute Gasteiger partial charge is 0.337 e. The Bertz CT molecular complexity index is 428. The number of hydrogen-bond acceptors (Lipinski definition) is 3. The molecule has 1 unspecified atom stereocenters. The standard InChI is InChI=1S/C11H10ClNO2/c1-2-15-11(14)10-9(13-10)7-4-3-5-8(12)6-7/h3-6,10H,2H2,1H3. The fourth-order valence-corrected chi connectivity index (χ4v) is 1.56. The second-order valence-electron chi connectivity index (χ2n) is 3.18. The van der Waals surface area contributed by atoms with Crippen molar-refractivity contribution in [2.75, 3.05) is 6.61 Å². The predicted octanol–water partition coefficient (Wildman–Crippen LogP) is 2.07. The second-order valence-corrected chi connectivity index (χ2v) is 3.62. The van der Waals surface area contributed by atoms with Crippen LogP contribution in [0.4, 0.5) is 0 Å². The minimum Gasteiger partial charge on any atom is -0.464 e. The summed E-state index contributed by atoms with van der Waals surface area (Å²) in [5.74, 6) is -0.285. The molecule has 3 nitrogen and oxygen atoms in total. The maximum Gasteiger partial charge on any atom is 0.337 e. The molecule has 15 heavy (non-hydrogen) atoms. The van der Waals surface area contributed by atoms with Gasteiger partial charge in [0.15, 0.2) is 6.04 Å². The highest BCUT2D eigenvalue weighted by Crippen LogP contribution is 2.23. The minimum absolute atomic E-state index is 0.285. The van der Waals surface area contributed by atoms with E-state index in [-0.39, 0.29) is 5.97 Å². The van der Waals surface area contributed by atoms with Gasteiger partial charge in [0.2, 0.25) is 0 Å². The van der Waals surface area contributed by atoms with Gasteiger partial charge in [-0.2, -0.15) is 0 Å². The van der Waals surface area contributed by atoms with Gasteiger partial charge >= 0.3 is 5.97 Å². The lowest BCUT2D eigenvalue weighted by atomic mass is 10.1. The van der Waals surface area contributed by atoms with Crippen LogP contribution in [0.25, 0.3) is 0 Å². The molecule has 1 heterocycles. The van der Waals surface area contributed by atoms with E-state index in [1.807, 2.05) is 12.1 Å². The Kier molecular flexibility index (Phi) is 2.73. The number of rotatable bonds is 3. The topological polar surface area (TPSA) is 38.7 Å². The van der Waals surface area contributed by atoms with E-state index < -0.39 is 6.04 Å². The monoisotopic (exact) mass is 223 g/mol. The lowest BCUT2D eigenvalue weighted by Gasteiger charge is -1.99. The summed E-state index contributed by atoms with van der Waals surface area (Å²) in [6.45, 7) is 2.16. The number of esters is 1. The Labute approximate surface area is 92.7 Å². The van der Waals surface area contributed by atoms with Crippen molar-refractivity contribution in [1.82, 2.24) is 0 Å². The third kappa shape index (κ3) is 2.18. The number of halogens is 1. The van der Waals surface area contributed by atoms with Crippen molar-refractivity contribution in [2.24, 2.45) is 4.99 Å². The van der Waals surface area contributed by atoms with Crippen LogP contribution in [0.5, 0.6) is 0 Å². The molecule has 0 saturated carbocycles. The fraction of sp³-hybridized carbons (Fsp3) is 0.273. The van der Waals surface area contributed by atoms with Crippen LogP contribution in [0.1, 0.15) is 12.5 Å². The molecule has 0 spiro atoms. The van der Waals surface area contributed by atoms with E-state index >= 15 is 0 Å². The molecular weight excluding hydrogens is 214 g/mol. The summed E-state index contributed by atoms with van der Waals surface area (Å²) in [6, 6.07) is 6.88. The minimum atomic E-state index is -0.414. The molecule has 1 atom stereocenters. The first-order chi connectivity index (χ1) is 7.22. The maximum atomic E-state index is 11.3. The maximum absolute atomic E-state index is 11.3. The highest BCUT2D eigenvalue weighted by Gasteiger charge is 2.37. The van der Waals surface area contributed by atoms with Crippen LogP contribution in [-0.2, 0) is 9.53 Å². The van der Waals surface area contributed by atoms with Gasteiger partial charge < -0.3 is 4.74 Å². The summed E-state index contributed by atoms with van der Waals surface area (Å²) in [4.78, 5) is 15.4. The first-order valence-corrected chi connectivity index (χ1v) is 5.10. The number of aliphatic imine (C=N–C) groups is 1. The summed E-state index contributed by atoms with van der Waals surface area (Å²) in [7, 11) is 0. The second kappa shape index (κ2) is 4.03. The van der Waals surface area contributed by atoms with Crippen LogP contribution in [0.15, 0.2) is 29.3 Å². The molecule has 1 aliphatic heterocycles. The lowest BCUT2D eigenvalue weighted by molar-refractivity contribution is -0.142. The molecule has 1 aromatic rings. The highest BCUT2D eigenvalue weighted by atomic mass is 35.5. The van der Waals surface area contributed by atoms with Crippen LogP contribution in [-0.4, -0.2) is 24.3 Å². The average Bonchev–Trinajstić information content (AvgIpc) is 2.97. The fourth-order valence-electron chi connectivity index (χ4n) is 1.37. The summed E-state index contributed by atoms with van der Waals surface area (Å²) in [5, 5.41) is 0.643. The Hall–Kier alpha value is -1.35. The van der Waals surface area contributed by atoms with E-state index in [4.69, 9.17) is 16.3 Å². The van der Waals surface area contributed by atoms with Crippen molar-refractivity contribution in [2.45, 2.75) is 13.0 Å². The molecule has 0 amide bonds. The zero-order chi connectivity index (χ0) is 10.8. The van der Waals surface area contributed by atoms with Crippen molar-refractivity contribution < 1.29 is 9.53 Å². The molecule has 1 aliphatic rings. The third-order valence-corrected chi connectivity index (χ3v) is 2.32. The van der Waals surface area contributed by atoms with E-state index in [1.54, 1.807) is 19.1 Å².